The molecule has 0 spiro atoms. The predicted molar refractivity (Wildman–Crippen MR) is 84.3 cm³/mol. The minimum absolute atomic E-state index is 0.855. The van der Waals surface area contributed by atoms with Crippen molar-refractivity contribution < 1.29 is 0 Å². The second kappa shape index (κ2) is 6.41. The van der Waals surface area contributed by atoms with Crippen molar-refractivity contribution in [3.8, 4) is 0 Å². The van der Waals surface area contributed by atoms with Gasteiger partial charge in [0.05, 0.1) is 0 Å². The van der Waals surface area contributed by atoms with Gasteiger partial charge in [-0.1, -0.05) is 40.9 Å². The molecule has 2 fully saturated rings. The molecule has 0 aromatic heterocycles. The fraction of sp³-hybridized carbons (Fsp3) is 0.647. The van der Waals surface area contributed by atoms with Gasteiger partial charge < -0.3 is 5.32 Å². The van der Waals surface area contributed by atoms with Gasteiger partial charge in [-0.15, -0.1) is 0 Å². The van der Waals surface area contributed by atoms with Gasteiger partial charge in [0.1, 0.15) is 0 Å². The number of rotatable bonds is 5. The first kappa shape index (κ1) is 13.6. The summed E-state index contributed by atoms with van der Waals surface area (Å²) in [5.74, 6) is 1.78. The van der Waals surface area contributed by atoms with E-state index in [1.165, 1.54) is 61.5 Å². The van der Waals surface area contributed by atoms with E-state index in [2.05, 4.69) is 45.5 Å². The summed E-state index contributed by atoms with van der Waals surface area (Å²) in [6.45, 7) is 1.25. The minimum Gasteiger partial charge on any atom is -0.314 e. The van der Waals surface area contributed by atoms with E-state index < -0.39 is 0 Å². The smallest absolute Gasteiger partial charge is 0.0177 e. The highest BCUT2D eigenvalue weighted by Gasteiger charge is 2.28. The van der Waals surface area contributed by atoms with Crippen LogP contribution in [0, 0.1) is 11.8 Å². The number of hydrogen-bond acceptors (Lipinski definition) is 1. The molecule has 2 aliphatic carbocycles. The van der Waals surface area contributed by atoms with E-state index in [9.17, 15) is 0 Å². The molecular weight excluding hydrogens is 298 g/mol. The summed E-state index contributed by atoms with van der Waals surface area (Å²) < 4.78 is 1.22. The van der Waals surface area contributed by atoms with Gasteiger partial charge in [0.2, 0.25) is 0 Å². The first-order chi connectivity index (χ1) is 9.31. The number of hydrogen-bond donors (Lipinski definition) is 1. The maximum Gasteiger partial charge on any atom is 0.0177 e. The molecular formula is C17H24BrN. The number of halogens is 1. The molecule has 2 heteroatoms. The molecule has 1 nitrogen and oxygen atoms in total. The lowest BCUT2D eigenvalue weighted by molar-refractivity contribution is 0.228. The molecule has 0 heterocycles. The van der Waals surface area contributed by atoms with Crippen molar-refractivity contribution in [2.75, 3.05) is 6.54 Å². The zero-order valence-corrected chi connectivity index (χ0v) is 13.2. The summed E-state index contributed by atoms with van der Waals surface area (Å²) >= 11 is 3.59. The average Bonchev–Trinajstić information content (AvgIpc) is 3.22. The van der Waals surface area contributed by atoms with Gasteiger partial charge >= 0.3 is 0 Å². The van der Waals surface area contributed by atoms with E-state index in [1.807, 2.05) is 0 Å². The maximum atomic E-state index is 3.74. The van der Waals surface area contributed by atoms with Crippen LogP contribution in [0.5, 0.6) is 0 Å². The van der Waals surface area contributed by atoms with E-state index in [0.29, 0.717) is 0 Å². The molecule has 0 bridgehead atoms. The van der Waals surface area contributed by atoms with Crippen LogP contribution in [-0.4, -0.2) is 12.6 Å². The Morgan fingerprint density at radius 3 is 2.58 bits per heavy atom. The number of benzene rings is 1. The van der Waals surface area contributed by atoms with Crippen LogP contribution >= 0.6 is 15.9 Å². The molecule has 1 aromatic carbocycles. The Morgan fingerprint density at radius 1 is 1.05 bits per heavy atom. The molecule has 2 aliphatic rings. The van der Waals surface area contributed by atoms with E-state index in [0.717, 1.165) is 17.9 Å². The van der Waals surface area contributed by atoms with Crippen molar-refractivity contribution in [3.05, 3.63) is 34.3 Å². The van der Waals surface area contributed by atoms with Crippen LogP contribution in [0.3, 0.4) is 0 Å². The van der Waals surface area contributed by atoms with E-state index in [-0.39, 0.29) is 0 Å². The lowest BCUT2D eigenvalue weighted by Gasteiger charge is -2.32. The second-order valence-electron chi connectivity index (χ2n) is 6.32. The van der Waals surface area contributed by atoms with Gasteiger partial charge in [-0.25, -0.2) is 0 Å². The van der Waals surface area contributed by atoms with Crippen molar-refractivity contribution in [2.45, 2.75) is 51.0 Å². The fourth-order valence-electron chi connectivity index (χ4n) is 3.39. The summed E-state index contributed by atoms with van der Waals surface area (Å²) in [7, 11) is 0. The lowest BCUT2D eigenvalue weighted by atomic mass is 9.76. The third-order valence-corrected chi connectivity index (χ3v) is 5.19. The molecule has 19 heavy (non-hydrogen) atoms. The van der Waals surface area contributed by atoms with Gasteiger partial charge in [0.15, 0.2) is 0 Å². The molecule has 0 aliphatic heterocycles. The van der Waals surface area contributed by atoms with Gasteiger partial charge in [-0.3, -0.25) is 0 Å². The standard InChI is InChI=1S/C17H24BrN/c18-16-7-3-4-13(11-16)10-14-5-1-2-6-15(14)12-19-17-8-9-17/h3-4,7,11,14-15,17,19H,1-2,5-6,8-10,12H2. The van der Waals surface area contributed by atoms with Gasteiger partial charge in [-0.2, -0.15) is 0 Å². The molecule has 1 N–H and O–H groups in total. The van der Waals surface area contributed by atoms with Crippen LogP contribution in [-0.2, 0) is 6.42 Å². The third kappa shape index (κ3) is 4.06. The summed E-state index contributed by atoms with van der Waals surface area (Å²) in [5, 5.41) is 3.74. The Kier molecular flexibility index (Phi) is 4.60. The largest absolute Gasteiger partial charge is 0.314 e. The van der Waals surface area contributed by atoms with Crippen molar-refractivity contribution in [1.29, 1.82) is 0 Å². The summed E-state index contributed by atoms with van der Waals surface area (Å²) in [6.07, 6.45) is 9.79. The van der Waals surface area contributed by atoms with Crippen molar-refractivity contribution in [1.82, 2.24) is 5.32 Å². The first-order valence-corrected chi connectivity index (χ1v) is 8.58. The van der Waals surface area contributed by atoms with Crippen LogP contribution in [0.2, 0.25) is 0 Å². The molecule has 2 saturated carbocycles. The normalized spacial score (nSPS) is 27.4. The molecule has 1 aromatic rings. The monoisotopic (exact) mass is 321 g/mol. The molecule has 104 valence electrons. The first-order valence-electron chi connectivity index (χ1n) is 7.79. The van der Waals surface area contributed by atoms with Gasteiger partial charge in [0, 0.05) is 10.5 Å². The van der Waals surface area contributed by atoms with Crippen LogP contribution in [0.15, 0.2) is 28.7 Å². The lowest BCUT2D eigenvalue weighted by Crippen LogP contribution is -2.32. The molecule has 3 rings (SSSR count). The fourth-order valence-corrected chi connectivity index (χ4v) is 3.84. The van der Waals surface area contributed by atoms with Crippen LogP contribution in [0.4, 0.5) is 0 Å². The molecule has 2 atom stereocenters. The van der Waals surface area contributed by atoms with Gasteiger partial charge in [0.25, 0.3) is 0 Å². The Bertz CT molecular complexity index is 413. The summed E-state index contributed by atoms with van der Waals surface area (Å²) in [4.78, 5) is 0. The quantitative estimate of drug-likeness (QED) is 0.838. The van der Waals surface area contributed by atoms with Crippen LogP contribution in [0.25, 0.3) is 0 Å². The summed E-state index contributed by atoms with van der Waals surface area (Å²) in [5.41, 5.74) is 1.50. The summed E-state index contributed by atoms with van der Waals surface area (Å²) in [6, 6.07) is 9.72. The molecule has 0 radical (unpaired) electrons. The van der Waals surface area contributed by atoms with Crippen molar-refractivity contribution in [3.63, 3.8) is 0 Å². The van der Waals surface area contributed by atoms with Crippen LogP contribution < -0.4 is 5.32 Å². The Labute approximate surface area is 125 Å². The number of nitrogens with one attached hydrogen (secondary N) is 1. The molecule has 2 unspecified atom stereocenters. The Balaban J connectivity index is 1.59. The van der Waals surface area contributed by atoms with E-state index in [1.54, 1.807) is 0 Å². The highest BCUT2D eigenvalue weighted by Crippen LogP contribution is 2.33. The minimum atomic E-state index is 0.855. The molecule has 0 saturated heterocycles. The van der Waals surface area contributed by atoms with E-state index in [4.69, 9.17) is 0 Å². The zero-order chi connectivity index (χ0) is 13.1. The third-order valence-electron chi connectivity index (χ3n) is 4.70. The average molecular weight is 322 g/mol. The SMILES string of the molecule is Brc1cccc(CC2CCCCC2CNC2CC2)c1. The Morgan fingerprint density at radius 2 is 1.84 bits per heavy atom. The predicted octanol–water partition coefficient (Wildman–Crippen LogP) is 4.55. The maximum absolute atomic E-state index is 3.74. The zero-order valence-electron chi connectivity index (χ0n) is 11.6. The topological polar surface area (TPSA) is 12.0 Å². The molecule has 0 amide bonds. The van der Waals surface area contributed by atoms with Gasteiger partial charge in [-0.05, 0) is 68.2 Å². The highest BCUT2D eigenvalue weighted by atomic mass is 79.9. The second-order valence-corrected chi connectivity index (χ2v) is 7.24. The Hall–Kier alpha value is -0.340. The van der Waals surface area contributed by atoms with Crippen molar-refractivity contribution in [2.24, 2.45) is 11.8 Å². The van der Waals surface area contributed by atoms with E-state index >= 15 is 0 Å². The highest BCUT2D eigenvalue weighted by molar-refractivity contribution is 9.10. The van der Waals surface area contributed by atoms with Crippen LogP contribution in [0.1, 0.15) is 44.1 Å². The van der Waals surface area contributed by atoms with Crippen molar-refractivity contribution >= 4 is 15.9 Å².